The van der Waals surface area contributed by atoms with Crippen molar-refractivity contribution in [3.8, 4) is 5.75 Å². The number of aryl methyl sites for hydroxylation is 1. The molecule has 5 rings (SSSR count). The van der Waals surface area contributed by atoms with Gasteiger partial charge in [0.25, 0.3) is 11.8 Å². The molecular formula is C36H34N2O8S2. The van der Waals surface area contributed by atoms with Gasteiger partial charge in [-0.2, -0.15) is 0 Å². The number of nitrogens with zero attached hydrogens (tertiary/aromatic N) is 1. The number of methoxy groups -OCH3 is 1. The molecule has 12 heteroatoms. The summed E-state index contributed by atoms with van der Waals surface area (Å²) < 4.78 is 44.3. The van der Waals surface area contributed by atoms with Crippen molar-refractivity contribution >= 4 is 37.4 Å². The Kier molecular flexibility index (Phi) is 10.9. The van der Waals surface area contributed by atoms with E-state index in [9.17, 15) is 22.8 Å². The van der Waals surface area contributed by atoms with E-state index in [4.69, 9.17) is 14.2 Å². The maximum Gasteiger partial charge on any atom is 0.359 e. The predicted molar refractivity (Wildman–Crippen MR) is 181 cm³/mol. The molecule has 10 nitrogen and oxygen atoms in total. The van der Waals surface area contributed by atoms with E-state index in [0.717, 1.165) is 10.5 Å². The number of rotatable bonds is 13. The van der Waals surface area contributed by atoms with Crippen LogP contribution < -0.4 is 10.1 Å². The van der Waals surface area contributed by atoms with Crippen molar-refractivity contribution in [3.63, 3.8) is 0 Å². The Morgan fingerprint density at radius 2 is 1.40 bits per heavy atom. The number of ether oxygens (including phenoxy) is 3. The molecule has 0 aromatic heterocycles. The minimum Gasteiger partial charge on any atom is -0.499 e. The summed E-state index contributed by atoms with van der Waals surface area (Å²) in [6.07, 6.45) is -0.857. The van der Waals surface area contributed by atoms with Gasteiger partial charge in [-0.25, -0.2) is 13.2 Å². The Hall–Kier alpha value is -5.07. The van der Waals surface area contributed by atoms with Gasteiger partial charge in [0.1, 0.15) is 22.9 Å². The van der Waals surface area contributed by atoms with E-state index >= 15 is 0 Å². The highest BCUT2D eigenvalue weighted by Crippen LogP contribution is 2.41. The van der Waals surface area contributed by atoms with Gasteiger partial charge in [-0.15, -0.1) is 0 Å². The van der Waals surface area contributed by atoms with Crippen LogP contribution in [0.15, 0.2) is 132 Å². The number of allylic oxidation sites excluding steroid dienone is 1. The quantitative estimate of drug-likeness (QED) is 0.0650. The van der Waals surface area contributed by atoms with Crippen molar-refractivity contribution in [2.45, 2.75) is 36.3 Å². The summed E-state index contributed by atoms with van der Waals surface area (Å²) in [6, 6.07) is 31.7. The molecule has 48 heavy (non-hydrogen) atoms. The Labute approximate surface area is 283 Å². The van der Waals surface area contributed by atoms with Gasteiger partial charge in [0, 0.05) is 10.8 Å². The van der Waals surface area contributed by atoms with Crippen molar-refractivity contribution in [3.05, 3.63) is 143 Å². The summed E-state index contributed by atoms with van der Waals surface area (Å²) in [4.78, 5) is 41.8. The lowest BCUT2D eigenvalue weighted by Crippen LogP contribution is -2.70. The van der Waals surface area contributed by atoms with Crippen molar-refractivity contribution in [2.24, 2.45) is 0 Å². The number of para-hydroxylation sites is 1. The number of esters is 1. The lowest BCUT2D eigenvalue weighted by molar-refractivity contribution is -0.155. The lowest BCUT2D eigenvalue weighted by atomic mass is 10.0. The zero-order valence-corrected chi connectivity index (χ0v) is 28.1. The summed E-state index contributed by atoms with van der Waals surface area (Å²) in [5.41, 5.74) is 1.93. The first-order valence-corrected chi connectivity index (χ1v) is 17.8. The Balaban J connectivity index is 1.46. The number of benzene rings is 4. The molecule has 1 aliphatic rings. The van der Waals surface area contributed by atoms with Crippen molar-refractivity contribution < 1.29 is 37.0 Å². The van der Waals surface area contributed by atoms with Crippen LogP contribution in [0.5, 0.6) is 5.75 Å². The monoisotopic (exact) mass is 686 g/mol. The van der Waals surface area contributed by atoms with Crippen LogP contribution in [0.25, 0.3) is 0 Å². The van der Waals surface area contributed by atoms with Crippen molar-refractivity contribution in [2.75, 3.05) is 13.7 Å². The number of carbonyl (C=O) groups is 3. The maximum absolute atomic E-state index is 14.1. The first kappa shape index (κ1) is 34.3. The van der Waals surface area contributed by atoms with Crippen LogP contribution in [0, 0.1) is 6.92 Å². The lowest BCUT2D eigenvalue weighted by Gasteiger charge is -2.46. The SMILES string of the molecule is COC(C)=C(C(=O)OC(c1ccccc1)c1ccccc1)N1C(=O)C(NC(=O)COc2ccccc2)[C@H]1SS(=O)(=O)c1ccc(C)cc1. The van der Waals surface area contributed by atoms with Crippen LogP contribution in [0.4, 0.5) is 0 Å². The molecular weight excluding hydrogens is 653 g/mol. The molecule has 1 heterocycles. The van der Waals surface area contributed by atoms with Crippen LogP contribution in [0.3, 0.4) is 0 Å². The summed E-state index contributed by atoms with van der Waals surface area (Å²) in [6.45, 7) is 2.88. The standard InChI is InChI=1S/C36H34N2O8S2/c1-24-19-21-29(22-20-24)48(42,43)47-35-31(37-30(39)23-45-28-17-11-6-12-18-28)34(40)38(35)32(25(2)44-3)36(41)46-33(26-13-7-4-8-14-26)27-15-9-5-10-16-27/h4-22,31,33,35H,23H2,1-3H3,(H,37,39)/t31?,35-/m1/s1. The second-order valence-corrected chi connectivity index (χ2v) is 14.8. The van der Waals surface area contributed by atoms with E-state index in [0.29, 0.717) is 27.7 Å². The summed E-state index contributed by atoms with van der Waals surface area (Å²) in [5, 5.41) is 1.33. The molecule has 1 aliphatic heterocycles. The molecule has 0 bridgehead atoms. The first-order valence-electron chi connectivity index (χ1n) is 14.9. The van der Waals surface area contributed by atoms with Crippen molar-refractivity contribution in [1.29, 1.82) is 0 Å². The fourth-order valence-electron chi connectivity index (χ4n) is 4.96. The van der Waals surface area contributed by atoms with E-state index < -0.39 is 50.8 Å². The van der Waals surface area contributed by atoms with Gasteiger partial charge in [-0.05, 0) is 49.2 Å². The van der Waals surface area contributed by atoms with Crippen LogP contribution in [0.1, 0.15) is 29.7 Å². The third-order valence-electron chi connectivity index (χ3n) is 7.51. The van der Waals surface area contributed by atoms with Crippen LogP contribution >= 0.6 is 10.8 Å². The second-order valence-electron chi connectivity index (χ2n) is 10.8. The smallest absolute Gasteiger partial charge is 0.359 e. The Bertz CT molecular complexity index is 1850. The fourth-order valence-corrected chi connectivity index (χ4v) is 8.43. The van der Waals surface area contributed by atoms with E-state index in [2.05, 4.69) is 5.32 Å². The topological polar surface area (TPSA) is 128 Å². The third kappa shape index (κ3) is 7.89. The zero-order valence-electron chi connectivity index (χ0n) is 26.4. The second kappa shape index (κ2) is 15.2. The van der Waals surface area contributed by atoms with Gasteiger partial charge < -0.3 is 19.5 Å². The Morgan fingerprint density at radius 3 is 1.94 bits per heavy atom. The van der Waals surface area contributed by atoms with E-state index in [-0.39, 0.29) is 16.4 Å². The molecule has 1 fully saturated rings. The molecule has 1 saturated heterocycles. The maximum atomic E-state index is 14.1. The summed E-state index contributed by atoms with van der Waals surface area (Å²) >= 11 is 0. The number of amides is 2. The number of hydrogen-bond donors (Lipinski definition) is 1. The molecule has 2 amide bonds. The number of hydrogen-bond acceptors (Lipinski definition) is 9. The van der Waals surface area contributed by atoms with Gasteiger partial charge in [0.15, 0.2) is 18.4 Å². The van der Waals surface area contributed by atoms with Gasteiger partial charge >= 0.3 is 5.97 Å². The zero-order chi connectivity index (χ0) is 34.3. The summed E-state index contributed by atoms with van der Waals surface area (Å²) in [5.74, 6) is -1.84. The normalized spacial score (nSPS) is 16.4. The van der Waals surface area contributed by atoms with Crippen LogP contribution in [0.2, 0.25) is 0 Å². The van der Waals surface area contributed by atoms with E-state index in [1.54, 1.807) is 42.5 Å². The molecule has 2 atom stereocenters. The van der Waals surface area contributed by atoms with Gasteiger partial charge in [-0.3, -0.25) is 14.5 Å². The first-order chi connectivity index (χ1) is 23.1. The van der Waals surface area contributed by atoms with Gasteiger partial charge in [-0.1, -0.05) is 96.6 Å². The largest absolute Gasteiger partial charge is 0.499 e. The highest BCUT2D eigenvalue weighted by atomic mass is 33.1. The number of likely N-dealkylation sites (tertiary alicyclic amines) is 1. The van der Waals surface area contributed by atoms with E-state index in [1.165, 1.54) is 26.2 Å². The molecule has 1 unspecified atom stereocenters. The van der Waals surface area contributed by atoms with Gasteiger partial charge in [0.2, 0.25) is 8.87 Å². The van der Waals surface area contributed by atoms with Crippen molar-refractivity contribution in [1.82, 2.24) is 10.2 Å². The Morgan fingerprint density at radius 1 is 0.854 bits per heavy atom. The molecule has 4 aromatic carbocycles. The number of nitrogens with one attached hydrogen (secondary N) is 1. The fraction of sp³-hybridized carbons (Fsp3) is 0.194. The highest BCUT2D eigenvalue weighted by molar-refractivity contribution is 8.72. The average Bonchev–Trinajstić information content (AvgIpc) is 3.11. The van der Waals surface area contributed by atoms with Crippen LogP contribution in [-0.2, 0) is 32.7 Å². The molecule has 1 N–H and O–H groups in total. The summed E-state index contributed by atoms with van der Waals surface area (Å²) in [7, 11) is -2.34. The number of carbonyl (C=O) groups excluding carboxylic acids is 3. The molecule has 0 saturated carbocycles. The number of β-lactam (4-membered cyclic amide) rings is 1. The third-order valence-corrected chi connectivity index (χ3v) is 11.2. The van der Waals surface area contributed by atoms with E-state index in [1.807, 2.05) is 67.6 Å². The molecule has 248 valence electrons. The molecule has 0 spiro atoms. The molecule has 0 aliphatic carbocycles. The van der Waals surface area contributed by atoms with Crippen LogP contribution in [-0.4, -0.2) is 56.2 Å². The molecule has 4 aromatic rings. The van der Waals surface area contributed by atoms with Gasteiger partial charge in [0.05, 0.1) is 12.0 Å². The molecule has 0 radical (unpaired) electrons. The minimum atomic E-state index is -4.09. The highest BCUT2D eigenvalue weighted by Gasteiger charge is 2.55. The average molecular weight is 687 g/mol. The minimum absolute atomic E-state index is 0.000301. The predicted octanol–water partition coefficient (Wildman–Crippen LogP) is 5.36.